The minimum Gasteiger partial charge on any atom is -0.302 e. The van der Waals surface area contributed by atoms with Gasteiger partial charge in [0, 0.05) is 23.5 Å². The molecule has 0 N–H and O–H groups in total. The van der Waals surface area contributed by atoms with Gasteiger partial charge in [0.2, 0.25) is 0 Å². The molecule has 1 aromatic carbocycles. The second-order valence-corrected chi connectivity index (χ2v) is 7.93. The van der Waals surface area contributed by atoms with Crippen LogP contribution in [0.5, 0.6) is 0 Å². The first-order valence-corrected chi connectivity index (χ1v) is 10.1. The van der Waals surface area contributed by atoms with Crippen LogP contribution in [0.4, 0.5) is 0 Å². The van der Waals surface area contributed by atoms with E-state index >= 15 is 0 Å². The highest BCUT2D eigenvalue weighted by atomic mass is 32.1. The van der Waals surface area contributed by atoms with Gasteiger partial charge in [-0.25, -0.2) is 4.98 Å². The molecule has 0 saturated heterocycles. The van der Waals surface area contributed by atoms with Gasteiger partial charge in [0.15, 0.2) is 0 Å². The molecule has 0 fully saturated rings. The number of benzene rings is 1. The fraction of sp³-hybridized carbons (Fsp3) is 0.429. The van der Waals surface area contributed by atoms with Gasteiger partial charge < -0.3 is 4.90 Å². The minimum absolute atomic E-state index is 0.0829. The largest absolute Gasteiger partial charge is 0.302 e. The van der Waals surface area contributed by atoms with Crippen LogP contribution in [0.1, 0.15) is 30.1 Å². The van der Waals surface area contributed by atoms with E-state index in [0.717, 1.165) is 51.7 Å². The Hall–Kier alpha value is -1.98. The second kappa shape index (κ2) is 7.72. The highest BCUT2D eigenvalue weighted by Gasteiger charge is 2.18. The lowest BCUT2D eigenvalue weighted by Crippen LogP contribution is -2.32. The van der Waals surface area contributed by atoms with Crippen LogP contribution < -0.4 is 5.56 Å². The quantitative estimate of drug-likeness (QED) is 0.647. The van der Waals surface area contributed by atoms with E-state index in [9.17, 15) is 4.79 Å². The first kappa shape index (κ1) is 18.8. The lowest BCUT2D eigenvalue weighted by molar-refractivity contribution is 0.288. The summed E-state index contributed by atoms with van der Waals surface area (Å²) in [6.45, 7) is 13.9. The topological polar surface area (TPSA) is 38.1 Å². The third-order valence-electron chi connectivity index (χ3n) is 5.05. The molecule has 0 atom stereocenters. The zero-order chi connectivity index (χ0) is 18.8. The zero-order valence-corrected chi connectivity index (χ0v) is 17.1. The van der Waals surface area contributed by atoms with Crippen LogP contribution in [0.15, 0.2) is 29.1 Å². The molecule has 0 spiro atoms. The molecule has 2 heterocycles. The Labute approximate surface area is 159 Å². The molecular weight excluding hydrogens is 342 g/mol. The third-order valence-corrected chi connectivity index (χ3v) is 6.05. The van der Waals surface area contributed by atoms with Crippen molar-refractivity contribution in [3.05, 3.63) is 50.9 Å². The van der Waals surface area contributed by atoms with Gasteiger partial charge in [-0.3, -0.25) is 9.36 Å². The van der Waals surface area contributed by atoms with Crippen molar-refractivity contribution in [2.45, 2.75) is 41.2 Å². The van der Waals surface area contributed by atoms with Gasteiger partial charge in [0.05, 0.1) is 5.39 Å². The van der Waals surface area contributed by atoms with Crippen LogP contribution >= 0.6 is 11.3 Å². The average molecular weight is 370 g/mol. The number of hydrogen-bond donors (Lipinski definition) is 0. The van der Waals surface area contributed by atoms with Gasteiger partial charge in [0.1, 0.15) is 10.7 Å². The van der Waals surface area contributed by atoms with Crippen molar-refractivity contribution < 1.29 is 0 Å². The van der Waals surface area contributed by atoms with E-state index in [1.165, 1.54) is 5.56 Å². The van der Waals surface area contributed by atoms with Crippen LogP contribution in [-0.2, 0) is 6.54 Å². The minimum atomic E-state index is 0.0829. The van der Waals surface area contributed by atoms with Crippen LogP contribution in [0, 0.1) is 20.8 Å². The number of aromatic nitrogens is 2. The number of thiophene rings is 1. The molecule has 0 unspecified atom stereocenters. The predicted molar refractivity (Wildman–Crippen MR) is 111 cm³/mol. The van der Waals surface area contributed by atoms with Gasteiger partial charge in [-0.15, -0.1) is 11.3 Å². The van der Waals surface area contributed by atoms with Gasteiger partial charge in [0.25, 0.3) is 5.56 Å². The molecule has 138 valence electrons. The lowest BCUT2D eigenvalue weighted by Gasteiger charge is -2.19. The van der Waals surface area contributed by atoms with Gasteiger partial charge in [-0.05, 0) is 39.4 Å². The first-order valence-electron chi connectivity index (χ1n) is 9.26. The number of hydrogen-bond acceptors (Lipinski definition) is 4. The number of aryl methyl sites for hydroxylation is 3. The Morgan fingerprint density at radius 2 is 1.73 bits per heavy atom. The molecule has 0 amide bonds. The standard InChI is InChI=1S/C21H27N3OS/c1-6-23(7-2)12-13-24-16(5)22-20-19(21(24)25)18(15(4)26-20)17-10-8-14(3)9-11-17/h8-11H,6-7,12-13H2,1-5H3. The summed E-state index contributed by atoms with van der Waals surface area (Å²) in [4.78, 5) is 22.4. The van der Waals surface area contributed by atoms with E-state index in [1.54, 1.807) is 11.3 Å². The summed E-state index contributed by atoms with van der Waals surface area (Å²) in [5, 5.41) is 0.765. The third kappa shape index (κ3) is 3.46. The predicted octanol–water partition coefficient (Wildman–Crippen LogP) is 4.39. The fourth-order valence-corrected chi connectivity index (χ4v) is 4.49. The zero-order valence-electron chi connectivity index (χ0n) is 16.3. The summed E-state index contributed by atoms with van der Waals surface area (Å²) in [5.41, 5.74) is 3.44. The molecule has 3 aromatic rings. The molecule has 0 bridgehead atoms. The Bertz CT molecular complexity index is 966. The molecule has 0 radical (unpaired) electrons. The van der Waals surface area contributed by atoms with Crippen molar-refractivity contribution in [1.29, 1.82) is 0 Å². The average Bonchev–Trinajstić information content (AvgIpc) is 2.94. The van der Waals surface area contributed by atoms with E-state index in [-0.39, 0.29) is 5.56 Å². The van der Waals surface area contributed by atoms with Crippen molar-refractivity contribution >= 4 is 21.6 Å². The number of rotatable bonds is 6. The Morgan fingerprint density at radius 1 is 1.08 bits per heavy atom. The summed E-state index contributed by atoms with van der Waals surface area (Å²) in [5.74, 6) is 0.798. The number of fused-ring (bicyclic) bond motifs is 1. The SMILES string of the molecule is CCN(CC)CCn1c(C)nc2sc(C)c(-c3ccc(C)cc3)c2c1=O. The molecule has 5 heteroatoms. The van der Waals surface area contributed by atoms with Gasteiger partial charge in [-0.1, -0.05) is 43.7 Å². The molecule has 26 heavy (non-hydrogen) atoms. The van der Waals surface area contributed by atoms with E-state index in [2.05, 4.69) is 56.9 Å². The lowest BCUT2D eigenvalue weighted by atomic mass is 10.0. The number of likely N-dealkylation sites (N-methyl/N-ethyl adjacent to an activating group) is 1. The van der Waals surface area contributed by atoms with Crippen LogP contribution in [0.2, 0.25) is 0 Å². The molecule has 0 aliphatic rings. The van der Waals surface area contributed by atoms with Crippen LogP contribution in [0.25, 0.3) is 21.3 Å². The maximum absolute atomic E-state index is 13.3. The van der Waals surface area contributed by atoms with Crippen LogP contribution in [0.3, 0.4) is 0 Å². The summed E-state index contributed by atoms with van der Waals surface area (Å²) >= 11 is 1.61. The van der Waals surface area contributed by atoms with E-state index in [0.29, 0.717) is 6.54 Å². The maximum atomic E-state index is 13.3. The van der Waals surface area contributed by atoms with E-state index in [1.807, 2.05) is 11.5 Å². The summed E-state index contributed by atoms with van der Waals surface area (Å²) in [6, 6.07) is 8.39. The molecule has 2 aromatic heterocycles. The highest BCUT2D eigenvalue weighted by molar-refractivity contribution is 7.19. The Balaban J connectivity index is 2.13. The highest BCUT2D eigenvalue weighted by Crippen LogP contribution is 2.35. The summed E-state index contributed by atoms with van der Waals surface area (Å²) in [7, 11) is 0. The molecule has 0 aliphatic carbocycles. The second-order valence-electron chi connectivity index (χ2n) is 6.72. The summed E-state index contributed by atoms with van der Waals surface area (Å²) < 4.78 is 1.84. The van der Waals surface area contributed by atoms with Gasteiger partial charge >= 0.3 is 0 Å². The van der Waals surface area contributed by atoms with E-state index < -0.39 is 0 Å². The van der Waals surface area contributed by atoms with Crippen molar-refractivity contribution in [3.63, 3.8) is 0 Å². The molecular formula is C21H27N3OS. The van der Waals surface area contributed by atoms with Gasteiger partial charge in [-0.2, -0.15) is 0 Å². The normalized spacial score (nSPS) is 11.6. The maximum Gasteiger partial charge on any atom is 0.262 e. The van der Waals surface area contributed by atoms with Crippen molar-refractivity contribution in [2.75, 3.05) is 19.6 Å². The van der Waals surface area contributed by atoms with Crippen molar-refractivity contribution in [3.8, 4) is 11.1 Å². The fourth-order valence-electron chi connectivity index (χ4n) is 3.41. The Morgan fingerprint density at radius 3 is 2.35 bits per heavy atom. The molecule has 0 saturated carbocycles. The first-order chi connectivity index (χ1) is 12.5. The smallest absolute Gasteiger partial charge is 0.262 e. The van der Waals surface area contributed by atoms with E-state index in [4.69, 9.17) is 4.98 Å². The van der Waals surface area contributed by atoms with Crippen molar-refractivity contribution in [1.82, 2.24) is 14.5 Å². The molecule has 0 aliphatic heterocycles. The Kier molecular flexibility index (Phi) is 5.58. The molecule has 3 rings (SSSR count). The summed E-state index contributed by atoms with van der Waals surface area (Å²) in [6.07, 6.45) is 0. The number of nitrogens with zero attached hydrogens (tertiary/aromatic N) is 3. The van der Waals surface area contributed by atoms with Crippen LogP contribution in [-0.4, -0.2) is 34.1 Å². The molecule has 4 nitrogen and oxygen atoms in total. The monoisotopic (exact) mass is 369 g/mol. The van der Waals surface area contributed by atoms with Crippen molar-refractivity contribution in [2.24, 2.45) is 0 Å².